The van der Waals surface area contributed by atoms with E-state index < -0.39 is 5.54 Å². The molecular formula is C17H30N2O2. The third-order valence-electron chi connectivity index (χ3n) is 5.34. The Morgan fingerprint density at radius 1 is 1.19 bits per heavy atom. The molecular weight excluding hydrogens is 264 g/mol. The van der Waals surface area contributed by atoms with E-state index in [4.69, 9.17) is 0 Å². The van der Waals surface area contributed by atoms with Gasteiger partial charge in [-0.1, -0.05) is 52.9 Å². The zero-order valence-electron chi connectivity index (χ0n) is 13.8. The minimum Gasteiger partial charge on any atom is -0.340 e. The van der Waals surface area contributed by atoms with E-state index in [-0.39, 0.29) is 17.9 Å². The van der Waals surface area contributed by atoms with Gasteiger partial charge in [-0.2, -0.15) is 0 Å². The summed E-state index contributed by atoms with van der Waals surface area (Å²) in [4.78, 5) is 27.5. The molecule has 1 atom stereocenters. The normalized spacial score (nSPS) is 25.0. The lowest BCUT2D eigenvalue weighted by molar-refractivity contribution is -0.156. The molecule has 1 N–H and O–H groups in total. The molecule has 21 heavy (non-hydrogen) atoms. The fourth-order valence-electron chi connectivity index (χ4n) is 3.84. The first-order valence-corrected chi connectivity index (χ1v) is 8.71. The first kappa shape index (κ1) is 16.3. The first-order chi connectivity index (χ1) is 10.1. The average Bonchev–Trinajstić information content (AvgIpc) is 2.94. The smallest absolute Gasteiger partial charge is 0.249 e. The van der Waals surface area contributed by atoms with Crippen LogP contribution in [0.1, 0.15) is 72.1 Å². The largest absolute Gasteiger partial charge is 0.340 e. The third-order valence-corrected chi connectivity index (χ3v) is 5.34. The molecule has 1 unspecified atom stereocenters. The quantitative estimate of drug-likeness (QED) is 0.819. The van der Waals surface area contributed by atoms with Crippen molar-refractivity contribution >= 4 is 11.8 Å². The fourth-order valence-corrected chi connectivity index (χ4v) is 3.84. The molecule has 1 heterocycles. The van der Waals surface area contributed by atoms with E-state index >= 15 is 0 Å². The summed E-state index contributed by atoms with van der Waals surface area (Å²) in [6.45, 7) is 7.16. The lowest BCUT2D eigenvalue weighted by Gasteiger charge is -2.45. The van der Waals surface area contributed by atoms with Gasteiger partial charge in [0.15, 0.2) is 0 Å². The van der Waals surface area contributed by atoms with Gasteiger partial charge in [0.2, 0.25) is 11.8 Å². The molecule has 1 aliphatic carbocycles. The van der Waals surface area contributed by atoms with Crippen LogP contribution in [-0.4, -0.2) is 34.8 Å². The highest BCUT2D eigenvalue weighted by Gasteiger charge is 2.51. The summed E-state index contributed by atoms with van der Waals surface area (Å²) in [5.74, 6) is 0.756. The second-order valence-electron chi connectivity index (χ2n) is 6.72. The highest BCUT2D eigenvalue weighted by atomic mass is 16.2. The van der Waals surface area contributed by atoms with Gasteiger partial charge in [0.25, 0.3) is 0 Å². The maximum absolute atomic E-state index is 13.1. The number of carbonyl (C=O) groups is 2. The molecule has 1 saturated heterocycles. The molecule has 120 valence electrons. The van der Waals surface area contributed by atoms with E-state index in [0.717, 1.165) is 57.9 Å². The molecule has 4 nitrogen and oxygen atoms in total. The monoisotopic (exact) mass is 294 g/mol. The molecule has 0 aromatic heterocycles. The van der Waals surface area contributed by atoms with E-state index in [1.54, 1.807) is 0 Å². The van der Waals surface area contributed by atoms with E-state index in [0.29, 0.717) is 5.92 Å². The number of carbonyl (C=O) groups excluding carboxylic acids is 2. The lowest BCUT2D eigenvalue weighted by atomic mass is 9.88. The summed E-state index contributed by atoms with van der Waals surface area (Å²) in [7, 11) is 0. The predicted octanol–water partition coefficient (Wildman–Crippen LogP) is 2.86. The van der Waals surface area contributed by atoms with Crippen molar-refractivity contribution in [2.24, 2.45) is 5.92 Å². The van der Waals surface area contributed by atoms with Crippen LogP contribution in [0.25, 0.3) is 0 Å². The number of hydrogen-bond acceptors (Lipinski definition) is 2. The maximum atomic E-state index is 13.1. The van der Waals surface area contributed by atoms with E-state index in [2.05, 4.69) is 26.1 Å². The van der Waals surface area contributed by atoms with Crippen molar-refractivity contribution in [1.29, 1.82) is 0 Å². The minimum atomic E-state index is -0.576. The fraction of sp³-hybridized carbons (Fsp3) is 0.882. The Kier molecular flexibility index (Phi) is 5.28. The molecule has 1 spiro atoms. The van der Waals surface area contributed by atoms with Gasteiger partial charge in [-0.15, -0.1) is 0 Å². The van der Waals surface area contributed by atoms with Crippen LogP contribution in [-0.2, 0) is 9.59 Å². The second kappa shape index (κ2) is 6.80. The van der Waals surface area contributed by atoms with Crippen LogP contribution in [0.15, 0.2) is 0 Å². The van der Waals surface area contributed by atoms with Crippen molar-refractivity contribution in [3.63, 3.8) is 0 Å². The molecule has 2 rings (SSSR count). The Bertz CT molecular complexity index is 384. The van der Waals surface area contributed by atoms with E-state index in [1.807, 2.05) is 4.90 Å². The van der Waals surface area contributed by atoms with Crippen molar-refractivity contribution in [2.45, 2.75) is 83.7 Å². The maximum Gasteiger partial charge on any atom is 0.249 e. The Morgan fingerprint density at radius 2 is 1.81 bits per heavy atom. The van der Waals surface area contributed by atoms with Crippen molar-refractivity contribution in [3.8, 4) is 0 Å². The van der Waals surface area contributed by atoms with Crippen molar-refractivity contribution < 1.29 is 9.59 Å². The molecule has 2 aliphatic rings. The first-order valence-electron chi connectivity index (χ1n) is 8.71. The summed E-state index contributed by atoms with van der Waals surface area (Å²) in [6.07, 6.45) is 7.55. The van der Waals surface area contributed by atoms with Crippen LogP contribution in [0.2, 0.25) is 0 Å². The van der Waals surface area contributed by atoms with Gasteiger partial charge in [-0.05, 0) is 25.2 Å². The Morgan fingerprint density at radius 3 is 2.33 bits per heavy atom. The Balaban J connectivity index is 2.23. The SMILES string of the molecule is CCCC1C(=O)NC2(CCCC2)C(=O)N1CC(CC)CC. The standard InChI is InChI=1S/C17H30N2O2/c1-4-9-14-15(20)18-17(10-7-8-11-17)16(21)19(14)12-13(5-2)6-3/h13-14H,4-12H2,1-3H3,(H,18,20). The van der Waals surface area contributed by atoms with Crippen molar-refractivity contribution in [2.75, 3.05) is 6.54 Å². The molecule has 4 heteroatoms. The van der Waals surface area contributed by atoms with Crippen LogP contribution in [0.3, 0.4) is 0 Å². The topological polar surface area (TPSA) is 49.4 Å². The molecule has 2 fully saturated rings. The van der Waals surface area contributed by atoms with Crippen molar-refractivity contribution in [3.05, 3.63) is 0 Å². The van der Waals surface area contributed by atoms with Gasteiger partial charge in [0.05, 0.1) is 0 Å². The lowest BCUT2D eigenvalue weighted by Crippen LogP contribution is -2.69. The summed E-state index contributed by atoms with van der Waals surface area (Å²) in [6, 6.07) is -0.255. The summed E-state index contributed by atoms with van der Waals surface area (Å²) in [5.41, 5.74) is -0.576. The highest BCUT2D eigenvalue weighted by molar-refractivity contribution is 6.00. The zero-order valence-corrected chi connectivity index (χ0v) is 13.8. The van der Waals surface area contributed by atoms with Crippen LogP contribution in [0, 0.1) is 5.92 Å². The number of nitrogens with one attached hydrogen (secondary N) is 1. The summed E-state index contributed by atoms with van der Waals surface area (Å²) >= 11 is 0. The molecule has 0 aromatic carbocycles. The summed E-state index contributed by atoms with van der Waals surface area (Å²) in [5, 5.41) is 3.09. The predicted molar refractivity (Wildman–Crippen MR) is 83.8 cm³/mol. The van der Waals surface area contributed by atoms with Gasteiger partial charge >= 0.3 is 0 Å². The van der Waals surface area contributed by atoms with Gasteiger partial charge in [-0.25, -0.2) is 0 Å². The molecule has 0 radical (unpaired) electrons. The molecule has 0 aromatic rings. The average molecular weight is 294 g/mol. The Labute approximate surface area is 128 Å². The van der Waals surface area contributed by atoms with Crippen molar-refractivity contribution in [1.82, 2.24) is 10.2 Å². The Hall–Kier alpha value is -1.06. The number of amides is 2. The van der Waals surface area contributed by atoms with Gasteiger partial charge in [0, 0.05) is 6.54 Å². The van der Waals surface area contributed by atoms with Gasteiger partial charge < -0.3 is 10.2 Å². The second-order valence-corrected chi connectivity index (χ2v) is 6.72. The van der Waals surface area contributed by atoms with Gasteiger partial charge in [-0.3, -0.25) is 9.59 Å². The number of nitrogens with zero attached hydrogens (tertiary/aromatic N) is 1. The van der Waals surface area contributed by atoms with Crippen LogP contribution < -0.4 is 5.32 Å². The number of hydrogen-bond donors (Lipinski definition) is 1. The zero-order chi connectivity index (χ0) is 15.5. The van der Waals surface area contributed by atoms with Gasteiger partial charge in [0.1, 0.15) is 11.6 Å². The molecule has 2 amide bonds. The van der Waals surface area contributed by atoms with Crippen LogP contribution >= 0.6 is 0 Å². The molecule has 0 bridgehead atoms. The third kappa shape index (κ3) is 3.09. The van der Waals surface area contributed by atoms with Crippen LogP contribution in [0.5, 0.6) is 0 Å². The molecule has 1 aliphatic heterocycles. The summed E-state index contributed by atoms with van der Waals surface area (Å²) < 4.78 is 0. The highest BCUT2D eigenvalue weighted by Crippen LogP contribution is 2.35. The van der Waals surface area contributed by atoms with Crippen LogP contribution in [0.4, 0.5) is 0 Å². The minimum absolute atomic E-state index is 0.0734. The van der Waals surface area contributed by atoms with E-state index in [1.165, 1.54) is 0 Å². The van der Waals surface area contributed by atoms with E-state index in [9.17, 15) is 9.59 Å². The number of piperazine rings is 1. The number of rotatable bonds is 6. The molecule has 1 saturated carbocycles.